The minimum absolute atomic E-state index is 0.0206. The smallest absolute Gasteiger partial charge is 0.203 e. The molecule has 0 saturated carbocycles. The Morgan fingerprint density at radius 1 is 0.676 bits per heavy atom. The molecule has 6 heteroatoms. The van der Waals surface area contributed by atoms with Crippen LogP contribution in [-0.2, 0) is 6.42 Å². The molecule has 6 nitrogen and oxygen atoms in total. The second kappa shape index (κ2) is 14.9. The van der Waals surface area contributed by atoms with Gasteiger partial charge in [-0.1, -0.05) is 31.8 Å². The molecule has 0 bridgehead atoms. The van der Waals surface area contributed by atoms with Gasteiger partial charge >= 0.3 is 0 Å². The van der Waals surface area contributed by atoms with E-state index in [0.29, 0.717) is 34.3 Å². The highest BCUT2D eigenvalue weighted by Crippen LogP contribution is 2.38. The standard InChI is InChI=1S/C28H38O6/c1-30-24-17-16-22(20-25(24)31-2)23(29)15-13-11-9-7-6-8-10-12-14-21-18-26(32-3)28(34-5)27(19-21)33-4/h13,15-20H,6-12,14H2,1-5H3. The first-order valence-electron chi connectivity index (χ1n) is 11.8. The van der Waals surface area contributed by atoms with Crippen molar-refractivity contribution in [2.75, 3.05) is 35.5 Å². The van der Waals surface area contributed by atoms with Crippen molar-refractivity contribution < 1.29 is 28.5 Å². The van der Waals surface area contributed by atoms with E-state index < -0.39 is 0 Å². The molecule has 2 aromatic carbocycles. The number of ketones is 1. The number of hydrogen-bond donors (Lipinski definition) is 0. The van der Waals surface area contributed by atoms with Gasteiger partial charge in [0, 0.05) is 5.56 Å². The van der Waals surface area contributed by atoms with Gasteiger partial charge in [0.1, 0.15) is 0 Å². The average Bonchev–Trinajstić information content (AvgIpc) is 2.88. The molecule has 186 valence electrons. The van der Waals surface area contributed by atoms with Crippen molar-refractivity contribution >= 4 is 5.78 Å². The number of unbranched alkanes of at least 4 members (excludes halogenated alkanes) is 6. The lowest BCUT2D eigenvalue weighted by molar-refractivity contribution is 0.104. The zero-order valence-corrected chi connectivity index (χ0v) is 21.1. The van der Waals surface area contributed by atoms with Crippen molar-refractivity contribution in [3.05, 3.63) is 53.6 Å². The third-order valence-corrected chi connectivity index (χ3v) is 5.75. The van der Waals surface area contributed by atoms with E-state index in [2.05, 4.69) is 0 Å². The van der Waals surface area contributed by atoms with Crippen LogP contribution in [0.3, 0.4) is 0 Å². The van der Waals surface area contributed by atoms with Crippen LogP contribution in [0.1, 0.15) is 60.9 Å². The van der Waals surface area contributed by atoms with E-state index in [0.717, 1.165) is 25.7 Å². The van der Waals surface area contributed by atoms with E-state index in [9.17, 15) is 4.79 Å². The number of methoxy groups -OCH3 is 5. The summed E-state index contributed by atoms with van der Waals surface area (Å²) in [5.41, 5.74) is 1.79. The normalized spacial score (nSPS) is 10.9. The monoisotopic (exact) mass is 470 g/mol. The number of carbonyl (C=O) groups excluding carboxylic acids is 1. The van der Waals surface area contributed by atoms with Crippen LogP contribution in [0, 0.1) is 0 Å². The van der Waals surface area contributed by atoms with Crippen LogP contribution in [0.25, 0.3) is 0 Å². The quantitative estimate of drug-likeness (QED) is 0.160. The minimum Gasteiger partial charge on any atom is -0.493 e. The Hall–Kier alpha value is -3.15. The minimum atomic E-state index is -0.0206. The Morgan fingerprint density at radius 2 is 1.26 bits per heavy atom. The maximum atomic E-state index is 12.3. The molecule has 0 spiro atoms. The summed E-state index contributed by atoms with van der Waals surface area (Å²) < 4.78 is 26.7. The van der Waals surface area contributed by atoms with Crippen LogP contribution in [0.5, 0.6) is 28.7 Å². The largest absolute Gasteiger partial charge is 0.493 e. The van der Waals surface area contributed by atoms with E-state index in [-0.39, 0.29) is 5.78 Å². The second-order valence-corrected chi connectivity index (χ2v) is 8.03. The third kappa shape index (κ3) is 8.01. The molecule has 34 heavy (non-hydrogen) atoms. The molecule has 2 rings (SSSR count). The van der Waals surface area contributed by atoms with E-state index in [1.807, 2.05) is 18.2 Å². The maximum absolute atomic E-state index is 12.3. The second-order valence-electron chi connectivity index (χ2n) is 8.03. The first-order valence-corrected chi connectivity index (χ1v) is 11.8. The molecule has 0 aliphatic rings. The topological polar surface area (TPSA) is 63.2 Å². The SMILES string of the molecule is COc1ccc(C(=O)C=CCCCCCCCCc2cc(OC)c(OC)c(OC)c2)cc1OC. The molecule has 2 aromatic rings. The molecule has 0 aliphatic carbocycles. The first-order chi connectivity index (χ1) is 16.6. The van der Waals surface area contributed by atoms with Crippen molar-refractivity contribution in [1.82, 2.24) is 0 Å². The Balaban J connectivity index is 1.63. The molecule has 0 heterocycles. The Kier molecular flexibility index (Phi) is 11.9. The molecule has 0 N–H and O–H groups in total. The lowest BCUT2D eigenvalue weighted by atomic mass is 10.0. The summed E-state index contributed by atoms with van der Waals surface area (Å²) in [5.74, 6) is 3.20. The molecule has 0 fully saturated rings. The van der Waals surface area contributed by atoms with Gasteiger partial charge in [-0.25, -0.2) is 0 Å². The number of hydrogen-bond acceptors (Lipinski definition) is 6. The van der Waals surface area contributed by atoms with Crippen molar-refractivity contribution in [3.63, 3.8) is 0 Å². The Morgan fingerprint density at radius 3 is 1.85 bits per heavy atom. The number of benzene rings is 2. The molecular formula is C28H38O6. The van der Waals surface area contributed by atoms with Gasteiger partial charge in [0.05, 0.1) is 35.5 Å². The molecule has 0 radical (unpaired) electrons. The summed E-state index contributed by atoms with van der Waals surface area (Å²) in [5, 5.41) is 0. The summed E-state index contributed by atoms with van der Waals surface area (Å²) in [6.07, 6.45) is 12.5. The molecule has 0 unspecified atom stereocenters. The van der Waals surface area contributed by atoms with Crippen molar-refractivity contribution in [1.29, 1.82) is 0 Å². The van der Waals surface area contributed by atoms with Crippen molar-refractivity contribution in [2.45, 2.75) is 51.4 Å². The zero-order chi connectivity index (χ0) is 24.8. The van der Waals surface area contributed by atoms with Gasteiger partial charge in [0.15, 0.2) is 28.8 Å². The molecular weight excluding hydrogens is 432 g/mol. The summed E-state index contributed by atoms with van der Waals surface area (Å²) in [4.78, 5) is 12.3. The van der Waals surface area contributed by atoms with E-state index in [4.69, 9.17) is 23.7 Å². The molecule has 0 atom stereocenters. The molecule has 0 saturated heterocycles. The Labute approximate surface area is 203 Å². The average molecular weight is 471 g/mol. The Bertz CT molecular complexity index is 909. The van der Waals surface area contributed by atoms with Crippen LogP contribution >= 0.6 is 0 Å². The van der Waals surface area contributed by atoms with Crippen molar-refractivity contribution in [2.24, 2.45) is 0 Å². The number of aryl methyl sites for hydroxylation is 1. The predicted molar refractivity (Wildman–Crippen MR) is 135 cm³/mol. The van der Waals surface area contributed by atoms with Gasteiger partial charge in [-0.2, -0.15) is 0 Å². The van der Waals surface area contributed by atoms with E-state index >= 15 is 0 Å². The highest BCUT2D eigenvalue weighted by Gasteiger charge is 2.13. The zero-order valence-electron chi connectivity index (χ0n) is 21.1. The number of allylic oxidation sites excluding steroid dienone is 2. The van der Waals surface area contributed by atoms with Crippen LogP contribution < -0.4 is 23.7 Å². The highest BCUT2D eigenvalue weighted by molar-refractivity contribution is 6.04. The molecule has 0 amide bonds. The molecule has 0 aromatic heterocycles. The van der Waals surface area contributed by atoms with Gasteiger partial charge < -0.3 is 23.7 Å². The summed E-state index contributed by atoms with van der Waals surface area (Å²) in [6.45, 7) is 0. The van der Waals surface area contributed by atoms with Gasteiger partial charge in [-0.05, 0) is 67.7 Å². The number of rotatable bonds is 16. The first kappa shape index (κ1) is 27.1. The van der Waals surface area contributed by atoms with Crippen LogP contribution in [0.4, 0.5) is 0 Å². The van der Waals surface area contributed by atoms with E-state index in [1.54, 1.807) is 59.8 Å². The van der Waals surface area contributed by atoms with Gasteiger partial charge in [0.25, 0.3) is 0 Å². The lowest BCUT2D eigenvalue weighted by Crippen LogP contribution is -1.97. The summed E-state index contributed by atoms with van der Waals surface area (Å²) in [7, 11) is 8.04. The van der Waals surface area contributed by atoms with Gasteiger partial charge in [-0.15, -0.1) is 0 Å². The fourth-order valence-corrected chi connectivity index (χ4v) is 3.85. The van der Waals surface area contributed by atoms with E-state index in [1.165, 1.54) is 31.2 Å². The number of carbonyl (C=O) groups is 1. The fraction of sp³-hybridized carbons (Fsp3) is 0.464. The fourth-order valence-electron chi connectivity index (χ4n) is 3.85. The van der Waals surface area contributed by atoms with Crippen LogP contribution in [0.2, 0.25) is 0 Å². The maximum Gasteiger partial charge on any atom is 0.203 e. The predicted octanol–water partition coefficient (Wildman–Crippen LogP) is 6.44. The third-order valence-electron chi connectivity index (χ3n) is 5.75. The van der Waals surface area contributed by atoms with Crippen molar-refractivity contribution in [3.8, 4) is 28.7 Å². The van der Waals surface area contributed by atoms with Crippen LogP contribution in [0.15, 0.2) is 42.5 Å². The van der Waals surface area contributed by atoms with Crippen LogP contribution in [-0.4, -0.2) is 41.3 Å². The molecule has 0 aliphatic heterocycles. The summed E-state index contributed by atoms with van der Waals surface area (Å²) >= 11 is 0. The number of ether oxygens (including phenoxy) is 5. The van der Waals surface area contributed by atoms with Gasteiger partial charge in [-0.3, -0.25) is 4.79 Å². The summed E-state index contributed by atoms with van der Waals surface area (Å²) in [6, 6.07) is 9.27. The highest BCUT2D eigenvalue weighted by atomic mass is 16.5. The lowest BCUT2D eigenvalue weighted by Gasteiger charge is -2.14. The van der Waals surface area contributed by atoms with Gasteiger partial charge in [0.2, 0.25) is 5.75 Å².